The molecule has 1 saturated heterocycles. The third-order valence-electron chi connectivity index (χ3n) is 2.79. The van der Waals surface area contributed by atoms with Crippen molar-refractivity contribution >= 4 is 10.0 Å². The molecule has 1 fully saturated rings. The highest BCUT2D eigenvalue weighted by Crippen LogP contribution is 2.51. The zero-order chi connectivity index (χ0) is 16.0. The largest absolute Gasteiger partial charge is 0.427 e. The van der Waals surface area contributed by atoms with E-state index in [1.165, 1.54) is 0 Å². The molecule has 0 aromatic heterocycles. The summed E-state index contributed by atoms with van der Waals surface area (Å²) >= 11 is 0. The maximum atomic E-state index is 13.3. The fourth-order valence-corrected chi connectivity index (χ4v) is 3.11. The number of rotatable bonds is 5. The molecule has 0 amide bonds. The van der Waals surface area contributed by atoms with Gasteiger partial charge in [-0.2, -0.15) is 30.6 Å². The predicted molar refractivity (Wildman–Crippen MR) is 50.6 cm³/mol. The van der Waals surface area contributed by atoms with Gasteiger partial charge in [-0.1, -0.05) is 0 Å². The van der Waals surface area contributed by atoms with Crippen molar-refractivity contribution in [3.8, 4) is 0 Å². The molecule has 12 heteroatoms. The van der Waals surface area contributed by atoms with E-state index in [4.69, 9.17) is 0 Å². The van der Waals surface area contributed by atoms with Crippen LogP contribution in [0, 0.1) is 0 Å². The van der Waals surface area contributed by atoms with E-state index in [0.717, 1.165) is 0 Å². The highest BCUT2D eigenvalue weighted by atomic mass is 32.2. The molecule has 0 radical (unpaired) electrons. The third-order valence-corrected chi connectivity index (χ3v) is 4.74. The number of hydrogen-bond donors (Lipinski definition) is 0. The van der Waals surface area contributed by atoms with Crippen molar-refractivity contribution in [1.82, 2.24) is 4.31 Å². The first-order chi connectivity index (χ1) is 8.80. The van der Waals surface area contributed by atoms with Gasteiger partial charge in [0.1, 0.15) is 0 Å². The lowest BCUT2D eigenvalue weighted by Gasteiger charge is -2.33. The van der Waals surface area contributed by atoms with Crippen LogP contribution in [0.15, 0.2) is 0 Å². The maximum absolute atomic E-state index is 13.3. The second-order valence-corrected chi connectivity index (χ2v) is 6.11. The van der Waals surface area contributed by atoms with Gasteiger partial charge in [0.15, 0.2) is 0 Å². The lowest BCUT2D eigenvalue weighted by atomic mass is 10.2. The summed E-state index contributed by atoms with van der Waals surface area (Å²) in [6, 6.07) is 0. The van der Waals surface area contributed by atoms with Crippen molar-refractivity contribution in [2.75, 3.05) is 13.1 Å². The molecule has 0 saturated carbocycles. The van der Waals surface area contributed by atoms with Crippen LogP contribution in [0.25, 0.3) is 0 Å². The van der Waals surface area contributed by atoms with Crippen LogP contribution in [0.5, 0.6) is 0 Å². The van der Waals surface area contributed by atoms with E-state index in [2.05, 4.69) is 0 Å². The molecular formula is C8H9F8NO2S. The summed E-state index contributed by atoms with van der Waals surface area (Å²) in [5, 5.41) is -6.34. The molecule has 1 rings (SSSR count). The van der Waals surface area contributed by atoms with E-state index in [0.29, 0.717) is 0 Å². The Bertz CT molecular complexity index is 457. The van der Waals surface area contributed by atoms with E-state index >= 15 is 0 Å². The van der Waals surface area contributed by atoms with Crippen molar-refractivity contribution in [3.05, 3.63) is 0 Å². The van der Waals surface area contributed by atoms with Crippen LogP contribution in [-0.4, -0.2) is 49.3 Å². The van der Waals surface area contributed by atoms with E-state index < -0.39 is 46.6 Å². The van der Waals surface area contributed by atoms with E-state index in [9.17, 15) is 43.5 Å². The molecule has 20 heavy (non-hydrogen) atoms. The molecule has 0 N–H and O–H groups in total. The molecule has 0 aromatic rings. The Morgan fingerprint density at radius 1 is 0.900 bits per heavy atom. The third kappa shape index (κ3) is 2.26. The minimum atomic E-state index is -6.74. The van der Waals surface area contributed by atoms with Crippen molar-refractivity contribution in [2.45, 2.75) is 36.4 Å². The zero-order valence-electron chi connectivity index (χ0n) is 9.60. The van der Waals surface area contributed by atoms with Gasteiger partial charge in [-0.25, -0.2) is 17.2 Å². The topological polar surface area (TPSA) is 37.4 Å². The van der Waals surface area contributed by atoms with Gasteiger partial charge in [0.05, 0.1) is 0 Å². The highest BCUT2D eigenvalue weighted by Gasteiger charge is 2.80. The lowest BCUT2D eigenvalue weighted by molar-refractivity contribution is -0.315. The molecule has 1 aliphatic heterocycles. The van der Waals surface area contributed by atoms with Crippen LogP contribution in [0.3, 0.4) is 0 Å². The van der Waals surface area contributed by atoms with E-state index in [1.807, 2.05) is 0 Å². The van der Waals surface area contributed by atoms with Crippen LogP contribution >= 0.6 is 0 Å². The summed E-state index contributed by atoms with van der Waals surface area (Å²) in [5.74, 6) is -13.2. The Balaban J connectivity index is 3.27. The summed E-state index contributed by atoms with van der Waals surface area (Å²) in [6.45, 7) is -1.12. The number of hydrogen-bond acceptors (Lipinski definition) is 2. The van der Waals surface area contributed by atoms with Crippen LogP contribution in [-0.2, 0) is 10.0 Å². The van der Waals surface area contributed by atoms with Gasteiger partial charge in [0.2, 0.25) is 0 Å². The molecule has 1 aliphatic rings. The van der Waals surface area contributed by atoms with Gasteiger partial charge in [-0.05, 0) is 12.8 Å². The van der Waals surface area contributed by atoms with Gasteiger partial charge >= 0.3 is 23.5 Å². The number of nitrogens with zero attached hydrogens (tertiary/aromatic N) is 1. The first-order valence-corrected chi connectivity index (χ1v) is 6.65. The average molecular weight is 335 g/mol. The average Bonchev–Trinajstić information content (AvgIpc) is 2.81. The van der Waals surface area contributed by atoms with Gasteiger partial charge in [0.25, 0.3) is 10.0 Å². The Morgan fingerprint density at radius 3 is 1.65 bits per heavy atom. The first kappa shape index (κ1) is 17.4. The predicted octanol–water partition coefficient (Wildman–Crippen LogP) is 2.54. The lowest BCUT2D eigenvalue weighted by Crippen LogP contribution is -2.62. The van der Waals surface area contributed by atoms with Crippen molar-refractivity contribution in [3.63, 3.8) is 0 Å². The quantitative estimate of drug-likeness (QED) is 0.724. The first-order valence-electron chi connectivity index (χ1n) is 5.21. The molecule has 0 aliphatic carbocycles. The van der Waals surface area contributed by atoms with Gasteiger partial charge in [-0.3, -0.25) is 0 Å². The highest BCUT2D eigenvalue weighted by molar-refractivity contribution is 7.90. The minimum Gasteiger partial charge on any atom is -0.206 e. The van der Waals surface area contributed by atoms with Gasteiger partial charge in [-0.15, -0.1) is 0 Å². The summed E-state index contributed by atoms with van der Waals surface area (Å²) < 4.78 is 124. The van der Waals surface area contributed by atoms with E-state index in [1.54, 1.807) is 0 Å². The van der Waals surface area contributed by atoms with Crippen LogP contribution in [0.4, 0.5) is 35.1 Å². The Morgan fingerprint density at radius 2 is 1.30 bits per heavy atom. The molecule has 0 unspecified atom stereocenters. The summed E-state index contributed by atoms with van der Waals surface area (Å²) in [4.78, 5) is 0. The fraction of sp³-hybridized carbons (Fsp3) is 1.00. The molecule has 0 bridgehead atoms. The Labute approximate surface area is 108 Å². The molecule has 0 aromatic carbocycles. The number of alkyl halides is 8. The van der Waals surface area contributed by atoms with E-state index in [-0.39, 0.29) is 17.1 Å². The van der Waals surface area contributed by atoms with Crippen molar-refractivity contribution in [1.29, 1.82) is 0 Å². The second kappa shape index (κ2) is 4.97. The van der Waals surface area contributed by atoms with Crippen molar-refractivity contribution in [2.24, 2.45) is 0 Å². The van der Waals surface area contributed by atoms with Crippen LogP contribution in [0.1, 0.15) is 12.8 Å². The normalized spacial score (nSPS) is 19.9. The van der Waals surface area contributed by atoms with Crippen molar-refractivity contribution < 1.29 is 43.5 Å². The molecule has 120 valence electrons. The molecular weight excluding hydrogens is 326 g/mol. The minimum absolute atomic E-state index is 0.0755. The Hall–Kier alpha value is -0.650. The zero-order valence-corrected chi connectivity index (χ0v) is 10.4. The standard InChI is InChI=1S/C8H9F8NO2S/c9-5(10)6(11,12)7(13,14)8(15,16)20(18,19)17-3-1-2-4-17/h5H,1-4H2. The van der Waals surface area contributed by atoms with Crippen LogP contribution in [0.2, 0.25) is 0 Å². The summed E-state index contributed by atoms with van der Waals surface area (Å²) in [7, 11) is -6.18. The van der Waals surface area contributed by atoms with Gasteiger partial charge < -0.3 is 0 Å². The smallest absolute Gasteiger partial charge is 0.206 e. The van der Waals surface area contributed by atoms with Crippen LogP contribution < -0.4 is 0 Å². The molecule has 3 nitrogen and oxygen atoms in total. The summed E-state index contributed by atoms with van der Waals surface area (Å²) in [5.41, 5.74) is 0. The molecule has 0 spiro atoms. The number of sulfonamides is 1. The maximum Gasteiger partial charge on any atom is 0.427 e. The SMILES string of the molecule is O=S(=O)(N1CCCC1)C(F)(F)C(F)(F)C(F)(F)C(F)F. The number of halogens is 8. The molecule has 1 heterocycles. The molecule has 0 atom stereocenters. The second-order valence-electron chi connectivity index (χ2n) is 4.13. The monoisotopic (exact) mass is 335 g/mol. The fourth-order valence-electron chi connectivity index (χ4n) is 1.58. The Kier molecular flexibility index (Phi) is 4.32. The van der Waals surface area contributed by atoms with Gasteiger partial charge in [0, 0.05) is 13.1 Å². The summed E-state index contributed by atoms with van der Waals surface area (Å²) in [6.07, 6.45) is -4.99.